The van der Waals surface area contributed by atoms with Crippen LogP contribution in [-0.2, 0) is 4.74 Å². The van der Waals surface area contributed by atoms with Gasteiger partial charge in [-0.05, 0) is 13.0 Å². The first-order chi connectivity index (χ1) is 7.69. The summed E-state index contributed by atoms with van der Waals surface area (Å²) in [7, 11) is 1.57. The summed E-state index contributed by atoms with van der Waals surface area (Å²) >= 11 is 0. The summed E-state index contributed by atoms with van der Waals surface area (Å²) < 4.78 is 18.4. The Morgan fingerprint density at radius 2 is 2.12 bits per heavy atom. The number of benzene rings is 1. The van der Waals surface area contributed by atoms with E-state index in [1.165, 1.54) is 6.07 Å². The summed E-state index contributed by atoms with van der Waals surface area (Å²) in [5.74, 6) is -0.239. The molecule has 0 aliphatic heterocycles. The third kappa shape index (κ3) is 3.56. The number of aliphatic hydroxyl groups is 1. The number of hydrogen-bond acceptors (Lipinski definition) is 3. The van der Waals surface area contributed by atoms with E-state index in [4.69, 9.17) is 9.84 Å². The molecule has 0 heterocycles. The molecule has 0 saturated carbocycles. The number of methoxy groups -OCH3 is 1. The molecule has 0 aliphatic rings. The molecule has 0 aliphatic carbocycles. The zero-order valence-electron chi connectivity index (χ0n) is 9.61. The smallest absolute Gasteiger partial charge is 0.127 e. The van der Waals surface area contributed by atoms with E-state index in [0.717, 1.165) is 0 Å². The summed E-state index contributed by atoms with van der Waals surface area (Å²) in [6.45, 7) is 2.22. The third-order valence-corrected chi connectivity index (χ3v) is 2.45. The van der Waals surface area contributed by atoms with Gasteiger partial charge in [-0.1, -0.05) is 18.2 Å². The van der Waals surface area contributed by atoms with Crippen LogP contribution in [0.3, 0.4) is 0 Å². The van der Waals surface area contributed by atoms with E-state index >= 15 is 0 Å². The van der Waals surface area contributed by atoms with Crippen LogP contribution in [0.25, 0.3) is 0 Å². The van der Waals surface area contributed by atoms with Gasteiger partial charge in [-0.25, -0.2) is 4.39 Å². The molecule has 0 saturated heterocycles. The minimum Gasteiger partial charge on any atom is -0.395 e. The van der Waals surface area contributed by atoms with Crippen LogP contribution in [0.4, 0.5) is 4.39 Å². The highest BCUT2D eigenvalue weighted by Gasteiger charge is 2.14. The minimum atomic E-state index is -0.239. The molecule has 2 N–H and O–H groups in total. The van der Waals surface area contributed by atoms with E-state index in [0.29, 0.717) is 12.2 Å². The maximum atomic E-state index is 13.4. The zero-order chi connectivity index (χ0) is 12.0. The lowest BCUT2D eigenvalue weighted by Crippen LogP contribution is -2.38. The fourth-order valence-electron chi connectivity index (χ4n) is 1.62. The Morgan fingerprint density at radius 1 is 1.44 bits per heavy atom. The van der Waals surface area contributed by atoms with Gasteiger partial charge < -0.3 is 15.2 Å². The standard InChI is InChI=1S/C12H18FNO2/c1-9(14-10(7-15)8-16-2)11-5-3-4-6-12(11)13/h3-6,9-10,14-15H,7-8H2,1-2H3. The van der Waals surface area contributed by atoms with Gasteiger partial charge >= 0.3 is 0 Å². The summed E-state index contributed by atoms with van der Waals surface area (Å²) in [5.41, 5.74) is 0.594. The normalized spacial score (nSPS) is 14.8. The average Bonchev–Trinajstić information content (AvgIpc) is 2.28. The Labute approximate surface area is 95.2 Å². The Hall–Kier alpha value is -0.970. The molecule has 0 radical (unpaired) electrons. The molecule has 0 bridgehead atoms. The molecule has 2 unspecified atom stereocenters. The van der Waals surface area contributed by atoms with Gasteiger partial charge in [0.05, 0.1) is 19.3 Å². The predicted octanol–water partition coefficient (Wildman–Crippen LogP) is 1.48. The van der Waals surface area contributed by atoms with Gasteiger partial charge in [0.1, 0.15) is 5.82 Å². The Morgan fingerprint density at radius 3 is 2.69 bits per heavy atom. The van der Waals surface area contributed by atoms with Crippen LogP contribution < -0.4 is 5.32 Å². The van der Waals surface area contributed by atoms with E-state index < -0.39 is 0 Å². The van der Waals surface area contributed by atoms with Gasteiger partial charge in [0, 0.05) is 18.7 Å². The Bertz CT molecular complexity index is 320. The maximum Gasteiger partial charge on any atom is 0.127 e. The van der Waals surface area contributed by atoms with E-state index in [2.05, 4.69) is 5.32 Å². The van der Waals surface area contributed by atoms with E-state index in [1.807, 2.05) is 6.92 Å². The molecule has 3 nitrogen and oxygen atoms in total. The first-order valence-electron chi connectivity index (χ1n) is 5.29. The summed E-state index contributed by atoms with van der Waals surface area (Å²) in [6, 6.07) is 6.27. The number of nitrogens with one attached hydrogen (secondary N) is 1. The number of ether oxygens (including phenoxy) is 1. The van der Waals surface area contributed by atoms with Crippen LogP contribution in [0.2, 0.25) is 0 Å². The fraction of sp³-hybridized carbons (Fsp3) is 0.500. The van der Waals surface area contributed by atoms with Crippen LogP contribution in [0.1, 0.15) is 18.5 Å². The maximum absolute atomic E-state index is 13.4. The van der Waals surface area contributed by atoms with Gasteiger partial charge in [0.25, 0.3) is 0 Å². The Kier molecular flexibility index (Phi) is 5.38. The minimum absolute atomic E-state index is 0.0351. The molecular weight excluding hydrogens is 209 g/mol. The van der Waals surface area contributed by atoms with Crippen molar-refractivity contribution >= 4 is 0 Å². The molecule has 1 aromatic carbocycles. The monoisotopic (exact) mass is 227 g/mol. The van der Waals surface area contributed by atoms with E-state index in [9.17, 15) is 4.39 Å². The highest BCUT2D eigenvalue weighted by molar-refractivity contribution is 5.20. The molecule has 4 heteroatoms. The molecule has 1 rings (SSSR count). The SMILES string of the molecule is COCC(CO)NC(C)c1ccccc1F. The van der Waals surface area contributed by atoms with Crippen molar-refractivity contribution in [3.63, 3.8) is 0 Å². The van der Waals surface area contributed by atoms with Gasteiger partial charge in [-0.3, -0.25) is 0 Å². The highest BCUT2D eigenvalue weighted by Crippen LogP contribution is 2.16. The van der Waals surface area contributed by atoms with E-state index in [1.54, 1.807) is 25.3 Å². The molecule has 0 spiro atoms. The summed E-state index contributed by atoms with van der Waals surface area (Å²) in [4.78, 5) is 0. The van der Waals surface area contributed by atoms with Crippen LogP contribution in [0, 0.1) is 5.82 Å². The van der Waals surface area contributed by atoms with Gasteiger partial charge in [-0.2, -0.15) is 0 Å². The summed E-state index contributed by atoms with van der Waals surface area (Å²) in [5, 5.41) is 12.2. The van der Waals surface area contributed by atoms with Crippen molar-refractivity contribution in [2.75, 3.05) is 20.3 Å². The molecular formula is C12H18FNO2. The Balaban J connectivity index is 2.64. The van der Waals surface area contributed by atoms with Crippen molar-refractivity contribution in [2.45, 2.75) is 19.0 Å². The number of aliphatic hydroxyl groups excluding tert-OH is 1. The highest BCUT2D eigenvalue weighted by atomic mass is 19.1. The zero-order valence-corrected chi connectivity index (χ0v) is 9.61. The van der Waals surface area contributed by atoms with Gasteiger partial charge in [-0.15, -0.1) is 0 Å². The second kappa shape index (κ2) is 6.58. The van der Waals surface area contributed by atoms with Crippen LogP contribution in [0.15, 0.2) is 24.3 Å². The topological polar surface area (TPSA) is 41.5 Å². The number of rotatable bonds is 6. The second-order valence-corrected chi connectivity index (χ2v) is 3.74. The van der Waals surface area contributed by atoms with Crippen molar-refractivity contribution in [3.05, 3.63) is 35.6 Å². The van der Waals surface area contributed by atoms with Crippen molar-refractivity contribution in [1.29, 1.82) is 0 Å². The quantitative estimate of drug-likeness (QED) is 0.773. The molecule has 90 valence electrons. The lowest BCUT2D eigenvalue weighted by molar-refractivity contribution is 0.123. The molecule has 0 amide bonds. The lowest BCUT2D eigenvalue weighted by atomic mass is 10.1. The predicted molar refractivity (Wildman–Crippen MR) is 60.7 cm³/mol. The van der Waals surface area contributed by atoms with Crippen LogP contribution in [-0.4, -0.2) is 31.5 Å². The fourth-order valence-corrected chi connectivity index (χ4v) is 1.62. The van der Waals surface area contributed by atoms with Crippen molar-refractivity contribution in [1.82, 2.24) is 5.32 Å². The number of halogens is 1. The largest absolute Gasteiger partial charge is 0.395 e. The second-order valence-electron chi connectivity index (χ2n) is 3.74. The van der Waals surface area contributed by atoms with E-state index in [-0.39, 0.29) is 24.5 Å². The molecule has 0 fully saturated rings. The lowest BCUT2D eigenvalue weighted by Gasteiger charge is -2.21. The van der Waals surface area contributed by atoms with Crippen LogP contribution in [0.5, 0.6) is 0 Å². The van der Waals surface area contributed by atoms with Gasteiger partial charge in [0.15, 0.2) is 0 Å². The molecule has 2 atom stereocenters. The number of hydrogen-bond donors (Lipinski definition) is 2. The molecule has 0 aromatic heterocycles. The summed E-state index contributed by atoms with van der Waals surface area (Å²) in [6.07, 6.45) is 0. The molecule has 1 aromatic rings. The van der Waals surface area contributed by atoms with Crippen molar-refractivity contribution in [2.24, 2.45) is 0 Å². The van der Waals surface area contributed by atoms with Crippen molar-refractivity contribution in [3.8, 4) is 0 Å². The van der Waals surface area contributed by atoms with Crippen LogP contribution >= 0.6 is 0 Å². The average molecular weight is 227 g/mol. The van der Waals surface area contributed by atoms with Gasteiger partial charge in [0.2, 0.25) is 0 Å². The van der Waals surface area contributed by atoms with Crippen molar-refractivity contribution < 1.29 is 14.2 Å². The third-order valence-electron chi connectivity index (χ3n) is 2.45. The first kappa shape index (κ1) is 13.1. The first-order valence-corrected chi connectivity index (χ1v) is 5.29. The molecule has 16 heavy (non-hydrogen) atoms.